The van der Waals surface area contributed by atoms with E-state index in [4.69, 9.17) is 9.47 Å². The van der Waals surface area contributed by atoms with Crippen LogP contribution in [-0.4, -0.2) is 25.1 Å². The molecule has 6 nitrogen and oxygen atoms in total. The molecule has 150 valence electrons. The number of ether oxygens (including phenoxy) is 2. The summed E-state index contributed by atoms with van der Waals surface area (Å²) in [5, 5.41) is 6.11. The van der Waals surface area contributed by atoms with E-state index in [1.165, 1.54) is 5.56 Å². The van der Waals surface area contributed by atoms with Gasteiger partial charge in [-0.3, -0.25) is 4.79 Å². The number of methoxy groups -OCH3 is 2. The summed E-state index contributed by atoms with van der Waals surface area (Å²) in [6.45, 7) is 2.05. The molecule has 6 heteroatoms. The number of carbonyl (C=O) groups is 1. The Bertz CT molecular complexity index is 954. The lowest BCUT2D eigenvalue weighted by molar-refractivity contribution is -0.116. The average Bonchev–Trinajstić information content (AvgIpc) is 2.75. The van der Waals surface area contributed by atoms with Crippen molar-refractivity contribution in [3.05, 3.63) is 71.9 Å². The van der Waals surface area contributed by atoms with Crippen LogP contribution >= 0.6 is 0 Å². The van der Waals surface area contributed by atoms with Gasteiger partial charge in [-0.15, -0.1) is 0 Å². The number of hydrogen-bond donors (Lipinski definition) is 2. The summed E-state index contributed by atoms with van der Waals surface area (Å²) in [6, 6.07) is 17.4. The summed E-state index contributed by atoms with van der Waals surface area (Å²) >= 11 is 0. The first kappa shape index (κ1) is 20.2. The minimum absolute atomic E-state index is 0.0687. The Morgan fingerprint density at radius 1 is 0.931 bits per heavy atom. The van der Waals surface area contributed by atoms with Gasteiger partial charge in [-0.25, -0.2) is 4.98 Å². The highest BCUT2D eigenvalue weighted by molar-refractivity contribution is 5.90. The van der Waals surface area contributed by atoms with E-state index in [1.54, 1.807) is 20.4 Å². The van der Waals surface area contributed by atoms with Gasteiger partial charge in [0.15, 0.2) is 11.5 Å². The number of nitrogens with zero attached hydrogens (tertiary/aromatic N) is 1. The number of hydrogen-bond acceptors (Lipinski definition) is 5. The van der Waals surface area contributed by atoms with Crippen molar-refractivity contribution in [3.63, 3.8) is 0 Å². The molecule has 3 rings (SSSR count). The van der Waals surface area contributed by atoms with Crippen molar-refractivity contribution in [3.8, 4) is 11.5 Å². The first-order chi connectivity index (χ1) is 14.1. The molecule has 1 amide bonds. The Hall–Kier alpha value is -3.54. The maximum Gasteiger partial charge on any atom is 0.224 e. The summed E-state index contributed by atoms with van der Waals surface area (Å²) in [6.07, 6.45) is 2.61. The van der Waals surface area contributed by atoms with Crippen molar-refractivity contribution in [2.45, 2.75) is 19.8 Å². The van der Waals surface area contributed by atoms with Gasteiger partial charge in [-0.1, -0.05) is 23.8 Å². The lowest BCUT2D eigenvalue weighted by atomic mass is 10.1. The summed E-state index contributed by atoms with van der Waals surface area (Å²) in [7, 11) is 3.19. The number of aryl methyl sites for hydroxylation is 2. The van der Waals surface area contributed by atoms with E-state index >= 15 is 0 Å². The van der Waals surface area contributed by atoms with Crippen molar-refractivity contribution in [2.24, 2.45) is 0 Å². The van der Waals surface area contributed by atoms with Gasteiger partial charge in [0.2, 0.25) is 5.91 Å². The predicted molar refractivity (Wildman–Crippen MR) is 115 cm³/mol. The van der Waals surface area contributed by atoms with Crippen LogP contribution in [0, 0.1) is 6.92 Å². The smallest absolute Gasteiger partial charge is 0.224 e. The molecular formula is C23H25N3O3. The van der Waals surface area contributed by atoms with Crippen LogP contribution in [-0.2, 0) is 11.2 Å². The molecule has 0 aliphatic carbocycles. The summed E-state index contributed by atoms with van der Waals surface area (Å²) in [4.78, 5) is 16.6. The Balaban J connectivity index is 1.52. The van der Waals surface area contributed by atoms with Crippen molar-refractivity contribution in [2.75, 3.05) is 24.9 Å². The molecule has 1 heterocycles. The monoisotopic (exact) mass is 391 g/mol. The van der Waals surface area contributed by atoms with Crippen LogP contribution in [0.5, 0.6) is 11.5 Å². The van der Waals surface area contributed by atoms with Gasteiger partial charge >= 0.3 is 0 Å². The van der Waals surface area contributed by atoms with Crippen LogP contribution in [0.15, 0.2) is 60.8 Å². The lowest BCUT2D eigenvalue weighted by Gasteiger charge is -2.10. The van der Waals surface area contributed by atoms with Crippen LogP contribution in [0.3, 0.4) is 0 Å². The van der Waals surface area contributed by atoms with Gasteiger partial charge in [0.1, 0.15) is 5.82 Å². The highest BCUT2D eigenvalue weighted by Gasteiger charge is 2.08. The second-order valence-corrected chi connectivity index (χ2v) is 6.66. The van der Waals surface area contributed by atoms with Crippen LogP contribution in [0.25, 0.3) is 0 Å². The number of pyridine rings is 1. The van der Waals surface area contributed by atoms with Gasteiger partial charge in [0.05, 0.1) is 26.1 Å². The van der Waals surface area contributed by atoms with Crippen molar-refractivity contribution >= 4 is 23.1 Å². The van der Waals surface area contributed by atoms with Crippen LogP contribution in [0.1, 0.15) is 17.5 Å². The number of carbonyl (C=O) groups excluding carboxylic acids is 1. The van der Waals surface area contributed by atoms with E-state index in [-0.39, 0.29) is 5.91 Å². The van der Waals surface area contributed by atoms with Gasteiger partial charge < -0.3 is 20.1 Å². The fourth-order valence-electron chi connectivity index (χ4n) is 2.84. The molecule has 0 saturated carbocycles. The highest BCUT2D eigenvalue weighted by Crippen LogP contribution is 2.28. The van der Waals surface area contributed by atoms with E-state index in [9.17, 15) is 4.79 Å². The molecule has 0 spiro atoms. The maximum absolute atomic E-state index is 12.3. The van der Waals surface area contributed by atoms with E-state index in [0.29, 0.717) is 30.0 Å². The molecule has 2 aromatic carbocycles. The molecule has 0 aliphatic rings. The molecule has 2 N–H and O–H groups in total. The third-order valence-electron chi connectivity index (χ3n) is 4.46. The van der Waals surface area contributed by atoms with Crippen LogP contribution in [0.4, 0.5) is 17.2 Å². The quantitative estimate of drug-likeness (QED) is 0.581. The fraction of sp³-hybridized carbons (Fsp3) is 0.217. The summed E-state index contributed by atoms with van der Waals surface area (Å²) < 4.78 is 10.5. The van der Waals surface area contributed by atoms with Crippen LogP contribution < -0.4 is 20.1 Å². The minimum atomic E-state index is -0.0687. The summed E-state index contributed by atoms with van der Waals surface area (Å²) in [5.74, 6) is 1.98. The van der Waals surface area contributed by atoms with Gasteiger partial charge in [-0.2, -0.15) is 0 Å². The first-order valence-corrected chi connectivity index (χ1v) is 9.38. The lowest BCUT2D eigenvalue weighted by Crippen LogP contribution is -2.12. The number of anilines is 3. The molecule has 0 aliphatic heterocycles. The number of aromatic nitrogens is 1. The Morgan fingerprint density at radius 2 is 1.66 bits per heavy atom. The molecule has 29 heavy (non-hydrogen) atoms. The van der Waals surface area contributed by atoms with Gasteiger partial charge in [0.25, 0.3) is 0 Å². The number of benzene rings is 2. The largest absolute Gasteiger partial charge is 0.493 e. The van der Waals surface area contributed by atoms with E-state index in [1.807, 2.05) is 61.5 Å². The third-order valence-corrected chi connectivity index (χ3v) is 4.46. The predicted octanol–water partition coefficient (Wildman–Crippen LogP) is 4.72. The van der Waals surface area contributed by atoms with Crippen molar-refractivity contribution in [1.82, 2.24) is 4.98 Å². The molecular weight excluding hydrogens is 366 g/mol. The van der Waals surface area contributed by atoms with Crippen LogP contribution in [0.2, 0.25) is 0 Å². The second-order valence-electron chi connectivity index (χ2n) is 6.66. The molecule has 0 fully saturated rings. The zero-order chi connectivity index (χ0) is 20.6. The summed E-state index contributed by atoms with van der Waals surface area (Å²) in [5.41, 5.74) is 3.84. The normalized spacial score (nSPS) is 10.3. The van der Waals surface area contributed by atoms with Gasteiger partial charge in [0, 0.05) is 12.1 Å². The maximum atomic E-state index is 12.3. The minimum Gasteiger partial charge on any atom is -0.493 e. The highest BCUT2D eigenvalue weighted by atomic mass is 16.5. The molecule has 0 bridgehead atoms. The molecule has 0 atom stereocenters. The molecule has 0 radical (unpaired) electrons. The van der Waals surface area contributed by atoms with Gasteiger partial charge in [-0.05, 0) is 55.3 Å². The Labute approximate surface area is 170 Å². The SMILES string of the molecule is COc1ccc(CCC(=O)Nc2ccc(Nc3ccc(C)cc3)nc2)cc1OC. The standard InChI is InChI=1S/C23H25N3O3/c1-16-4-8-18(9-5-16)25-22-12-10-19(15-24-22)26-23(27)13-7-17-6-11-20(28-2)21(14-17)29-3/h4-6,8-12,14-15H,7,13H2,1-3H3,(H,24,25)(H,26,27). The second kappa shape index (κ2) is 9.59. The number of amides is 1. The average molecular weight is 391 g/mol. The molecule has 1 aromatic heterocycles. The van der Waals surface area contributed by atoms with Crippen molar-refractivity contribution < 1.29 is 14.3 Å². The zero-order valence-corrected chi connectivity index (χ0v) is 16.9. The zero-order valence-electron chi connectivity index (χ0n) is 16.9. The third kappa shape index (κ3) is 5.72. The van der Waals surface area contributed by atoms with E-state index < -0.39 is 0 Å². The van der Waals surface area contributed by atoms with E-state index in [0.717, 1.165) is 17.1 Å². The topological polar surface area (TPSA) is 72.5 Å². The fourth-order valence-corrected chi connectivity index (χ4v) is 2.84. The Morgan fingerprint density at radius 3 is 2.31 bits per heavy atom. The van der Waals surface area contributed by atoms with Crippen molar-refractivity contribution in [1.29, 1.82) is 0 Å². The number of nitrogens with one attached hydrogen (secondary N) is 2. The first-order valence-electron chi connectivity index (χ1n) is 9.38. The molecule has 0 saturated heterocycles. The molecule has 0 unspecified atom stereocenters. The Kier molecular flexibility index (Phi) is 6.68. The number of rotatable bonds is 8. The van der Waals surface area contributed by atoms with E-state index in [2.05, 4.69) is 15.6 Å². The molecule has 3 aromatic rings.